The van der Waals surface area contributed by atoms with Crippen LogP contribution in [0.2, 0.25) is 0 Å². The molecule has 2 bridgehead atoms. The summed E-state index contributed by atoms with van der Waals surface area (Å²) in [7, 11) is -5.87. The van der Waals surface area contributed by atoms with E-state index >= 15 is 0 Å². The predicted octanol–water partition coefficient (Wildman–Crippen LogP) is 2.20. The molecule has 2 saturated carbocycles. The summed E-state index contributed by atoms with van der Waals surface area (Å²) in [4.78, 5) is 11.2. The summed E-state index contributed by atoms with van der Waals surface area (Å²) in [5, 5.41) is -5.85. The Morgan fingerprint density at radius 1 is 1.17 bits per heavy atom. The summed E-state index contributed by atoms with van der Waals surface area (Å²) in [6, 6.07) is 0. The average Bonchev–Trinajstić information content (AvgIpc) is 3.03. The van der Waals surface area contributed by atoms with E-state index in [-0.39, 0.29) is 23.9 Å². The van der Waals surface area contributed by atoms with Crippen molar-refractivity contribution in [3.8, 4) is 0 Å². The molecular formula is C13H16F5NO4S. The standard InChI is InChI=1S/C13H16F5NO4S/c1-2-11(20)23-10-5-7-3-8(10)4-9(7)6-19-24(21,22)13(17,18)12(14,15)16/h2,7-10,19H,1,3-6H2. The Hall–Kier alpha value is -1.23. The second-order valence-electron chi connectivity index (χ2n) is 6.03. The molecule has 2 aliphatic rings. The number of rotatable bonds is 6. The first-order chi connectivity index (χ1) is 10.9. The van der Waals surface area contributed by atoms with Gasteiger partial charge in [0.25, 0.3) is 10.0 Å². The summed E-state index contributed by atoms with van der Waals surface area (Å²) in [6.45, 7) is 2.76. The molecule has 2 rings (SSSR count). The number of hydrogen-bond acceptors (Lipinski definition) is 4. The van der Waals surface area contributed by atoms with Gasteiger partial charge in [0, 0.05) is 12.6 Å². The topological polar surface area (TPSA) is 72.5 Å². The number of fused-ring (bicyclic) bond motifs is 2. The van der Waals surface area contributed by atoms with Gasteiger partial charge >= 0.3 is 17.4 Å². The number of esters is 1. The average molecular weight is 377 g/mol. The minimum Gasteiger partial charge on any atom is -0.459 e. The van der Waals surface area contributed by atoms with Crippen molar-refractivity contribution in [2.45, 2.75) is 36.8 Å². The van der Waals surface area contributed by atoms with Crippen LogP contribution in [0.3, 0.4) is 0 Å². The van der Waals surface area contributed by atoms with Gasteiger partial charge in [0.05, 0.1) is 0 Å². The van der Waals surface area contributed by atoms with Gasteiger partial charge in [-0.1, -0.05) is 6.58 Å². The van der Waals surface area contributed by atoms with Gasteiger partial charge in [0.1, 0.15) is 6.10 Å². The molecule has 4 unspecified atom stereocenters. The molecule has 2 fully saturated rings. The maximum absolute atomic E-state index is 13.0. The summed E-state index contributed by atoms with van der Waals surface area (Å²) < 4.78 is 91.4. The first kappa shape index (κ1) is 19.1. The molecule has 24 heavy (non-hydrogen) atoms. The molecule has 4 atom stereocenters. The predicted molar refractivity (Wildman–Crippen MR) is 72.3 cm³/mol. The second kappa shape index (κ2) is 6.25. The van der Waals surface area contributed by atoms with E-state index in [4.69, 9.17) is 4.74 Å². The van der Waals surface area contributed by atoms with Gasteiger partial charge in [0.2, 0.25) is 0 Å². The van der Waals surface area contributed by atoms with Crippen molar-refractivity contribution in [1.82, 2.24) is 4.72 Å². The zero-order valence-electron chi connectivity index (χ0n) is 12.4. The Kier molecular flexibility index (Phi) is 4.97. The van der Waals surface area contributed by atoms with Crippen LogP contribution >= 0.6 is 0 Å². The van der Waals surface area contributed by atoms with Crippen molar-refractivity contribution in [3.05, 3.63) is 12.7 Å². The van der Waals surface area contributed by atoms with Crippen LogP contribution in [-0.2, 0) is 19.6 Å². The van der Waals surface area contributed by atoms with Crippen LogP contribution in [0.1, 0.15) is 19.3 Å². The lowest BCUT2D eigenvalue weighted by Gasteiger charge is -2.28. The van der Waals surface area contributed by atoms with E-state index in [1.807, 2.05) is 0 Å². The van der Waals surface area contributed by atoms with Crippen molar-refractivity contribution in [2.75, 3.05) is 6.54 Å². The molecule has 5 nitrogen and oxygen atoms in total. The van der Waals surface area contributed by atoms with Crippen molar-refractivity contribution in [3.63, 3.8) is 0 Å². The fourth-order valence-electron chi connectivity index (χ4n) is 3.39. The van der Waals surface area contributed by atoms with E-state index in [0.29, 0.717) is 19.3 Å². The lowest BCUT2D eigenvalue weighted by atomic mass is 9.87. The number of carbonyl (C=O) groups is 1. The smallest absolute Gasteiger partial charge is 0.459 e. The molecule has 1 N–H and O–H groups in total. The van der Waals surface area contributed by atoms with Crippen LogP contribution in [0.5, 0.6) is 0 Å². The molecule has 0 amide bonds. The lowest BCUT2D eigenvalue weighted by Crippen LogP contribution is -2.51. The Morgan fingerprint density at radius 2 is 1.79 bits per heavy atom. The van der Waals surface area contributed by atoms with Crippen LogP contribution in [0.15, 0.2) is 12.7 Å². The largest absolute Gasteiger partial charge is 0.470 e. The number of alkyl halides is 5. The highest BCUT2D eigenvalue weighted by Gasteiger charge is 2.67. The maximum Gasteiger partial charge on any atom is 0.470 e. The van der Waals surface area contributed by atoms with Gasteiger partial charge in [-0.2, -0.15) is 22.0 Å². The summed E-state index contributed by atoms with van der Waals surface area (Å²) in [6.07, 6.45) is -4.11. The third-order valence-corrected chi connectivity index (χ3v) is 6.03. The lowest BCUT2D eigenvalue weighted by molar-refractivity contribution is -0.241. The Balaban J connectivity index is 1.92. The van der Waals surface area contributed by atoms with Crippen LogP contribution in [0, 0.1) is 17.8 Å². The van der Waals surface area contributed by atoms with E-state index in [2.05, 4.69) is 6.58 Å². The van der Waals surface area contributed by atoms with E-state index < -0.39 is 34.0 Å². The molecule has 0 aromatic carbocycles. The van der Waals surface area contributed by atoms with Crippen molar-refractivity contribution in [1.29, 1.82) is 0 Å². The third-order valence-electron chi connectivity index (χ3n) is 4.58. The van der Waals surface area contributed by atoms with E-state index in [9.17, 15) is 35.2 Å². The van der Waals surface area contributed by atoms with Gasteiger partial charge in [-0.25, -0.2) is 17.9 Å². The number of halogens is 5. The van der Waals surface area contributed by atoms with Gasteiger partial charge in [-0.15, -0.1) is 0 Å². The zero-order chi connectivity index (χ0) is 18.3. The monoisotopic (exact) mass is 377 g/mol. The first-order valence-corrected chi connectivity index (χ1v) is 8.64. The highest BCUT2D eigenvalue weighted by atomic mass is 32.2. The van der Waals surface area contributed by atoms with E-state index in [0.717, 1.165) is 6.08 Å². The third kappa shape index (κ3) is 3.41. The number of hydrogen-bond donors (Lipinski definition) is 1. The van der Waals surface area contributed by atoms with E-state index in [1.165, 1.54) is 4.72 Å². The summed E-state index contributed by atoms with van der Waals surface area (Å²) in [5.41, 5.74) is 0. The normalized spacial score (nSPS) is 30.4. The molecule has 0 heterocycles. The molecule has 0 saturated heterocycles. The molecule has 0 aliphatic heterocycles. The van der Waals surface area contributed by atoms with Crippen LogP contribution in [0.4, 0.5) is 22.0 Å². The number of nitrogens with one attached hydrogen (secondary N) is 1. The fraction of sp³-hybridized carbons (Fsp3) is 0.769. The Morgan fingerprint density at radius 3 is 2.25 bits per heavy atom. The minimum atomic E-state index is -6.18. The van der Waals surface area contributed by atoms with Gasteiger partial charge in [0.15, 0.2) is 0 Å². The molecule has 138 valence electrons. The van der Waals surface area contributed by atoms with Crippen LogP contribution in [-0.4, -0.2) is 38.5 Å². The Labute approximate surface area is 135 Å². The maximum atomic E-state index is 13.0. The first-order valence-electron chi connectivity index (χ1n) is 7.16. The SMILES string of the molecule is C=CC(=O)OC1CC2CC1CC2CNS(=O)(=O)C(F)(F)C(F)(F)F. The van der Waals surface area contributed by atoms with E-state index in [1.54, 1.807) is 0 Å². The highest BCUT2D eigenvalue weighted by Crippen LogP contribution is 2.49. The fourth-order valence-corrected chi connectivity index (χ4v) is 4.31. The van der Waals surface area contributed by atoms with Crippen LogP contribution in [0.25, 0.3) is 0 Å². The molecule has 0 radical (unpaired) electrons. The number of carbonyl (C=O) groups excluding carboxylic acids is 1. The minimum absolute atomic E-state index is 0.0588. The molecule has 0 aromatic rings. The number of sulfonamides is 1. The highest BCUT2D eigenvalue weighted by molar-refractivity contribution is 7.90. The summed E-state index contributed by atoms with van der Waals surface area (Å²) in [5.74, 6) is -1.11. The van der Waals surface area contributed by atoms with Crippen molar-refractivity contribution < 1.29 is 39.9 Å². The van der Waals surface area contributed by atoms with Gasteiger partial charge < -0.3 is 4.74 Å². The summed E-state index contributed by atoms with van der Waals surface area (Å²) >= 11 is 0. The zero-order valence-corrected chi connectivity index (χ0v) is 13.2. The van der Waals surface area contributed by atoms with Crippen molar-refractivity contribution in [2.24, 2.45) is 17.8 Å². The molecule has 0 spiro atoms. The second-order valence-corrected chi connectivity index (χ2v) is 7.84. The number of ether oxygens (including phenoxy) is 1. The molecule has 0 aromatic heterocycles. The van der Waals surface area contributed by atoms with Crippen molar-refractivity contribution >= 4 is 16.0 Å². The molecule has 2 aliphatic carbocycles. The molecule has 11 heteroatoms. The molecular weight excluding hydrogens is 361 g/mol. The Bertz CT molecular complexity index is 618. The van der Waals surface area contributed by atoms with Gasteiger partial charge in [-0.05, 0) is 37.0 Å². The van der Waals surface area contributed by atoms with Crippen LogP contribution < -0.4 is 4.72 Å². The quantitative estimate of drug-likeness (QED) is 0.438. The van der Waals surface area contributed by atoms with Gasteiger partial charge in [-0.3, -0.25) is 0 Å².